The van der Waals surface area contributed by atoms with Gasteiger partial charge in [0.15, 0.2) is 0 Å². The minimum absolute atomic E-state index is 0.0866. The third-order valence-corrected chi connectivity index (χ3v) is 6.85. The summed E-state index contributed by atoms with van der Waals surface area (Å²) in [5, 5.41) is -0.251. The van der Waals surface area contributed by atoms with Crippen molar-refractivity contribution < 1.29 is 26.3 Å². The molecular formula is C21H24ClF3N2O3S. The van der Waals surface area contributed by atoms with Crippen LogP contribution >= 0.6 is 11.6 Å². The zero-order chi connectivity index (χ0) is 22.8. The molecule has 0 radical (unpaired) electrons. The average molecular weight is 477 g/mol. The second-order valence-electron chi connectivity index (χ2n) is 7.80. The number of nitrogens with one attached hydrogen (secondary N) is 1. The van der Waals surface area contributed by atoms with Crippen molar-refractivity contribution in [2.75, 3.05) is 13.1 Å². The van der Waals surface area contributed by atoms with E-state index in [1.807, 2.05) is 38.1 Å². The molecule has 1 heterocycles. The maximum atomic E-state index is 13.0. The van der Waals surface area contributed by atoms with Crippen LogP contribution in [-0.4, -0.2) is 38.6 Å². The summed E-state index contributed by atoms with van der Waals surface area (Å²) in [6, 6.07) is 9.55. The first-order valence-electron chi connectivity index (χ1n) is 9.81. The summed E-state index contributed by atoms with van der Waals surface area (Å²) >= 11 is 5.89. The molecule has 0 spiro atoms. The summed E-state index contributed by atoms with van der Waals surface area (Å²) in [5.41, 5.74) is -0.00393. The molecule has 1 aliphatic rings. The predicted molar refractivity (Wildman–Crippen MR) is 113 cm³/mol. The Morgan fingerprint density at radius 3 is 2.48 bits per heavy atom. The molecule has 0 aromatic heterocycles. The third kappa shape index (κ3) is 6.35. The highest BCUT2D eigenvalue weighted by molar-refractivity contribution is 7.89. The molecule has 1 fully saturated rings. The number of nitrogens with zero attached hydrogens (tertiary/aromatic N) is 1. The Hall–Kier alpha value is -1.81. The number of hydrogen-bond donors (Lipinski definition) is 1. The average Bonchev–Trinajstić information content (AvgIpc) is 3.08. The van der Waals surface area contributed by atoms with Crippen molar-refractivity contribution in [3.05, 3.63) is 58.6 Å². The summed E-state index contributed by atoms with van der Waals surface area (Å²) in [7, 11) is -4.20. The lowest BCUT2D eigenvalue weighted by Gasteiger charge is -2.18. The molecule has 170 valence electrons. The standard InChI is InChI=1S/C21H24ClF3N2O3S/c1-14(2)30-18-6-3-15(4-7-18)12-27-10-9-17(13-27)26-31(28,29)20-11-16(21(23,24)25)5-8-19(20)22/h3-8,11,14,17,26H,9-10,12-13H2,1-2H3/t17-/m1/s1. The highest BCUT2D eigenvalue weighted by Gasteiger charge is 2.34. The van der Waals surface area contributed by atoms with Gasteiger partial charge in [0.2, 0.25) is 10.0 Å². The summed E-state index contributed by atoms with van der Waals surface area (Å²) in [4.78, 5) is 1.52. The fraction of sp³-hybridized carbons (Fsp3) is 0.429. The van der Waals surface area contributed by atoms with E-state index in [2.05, 4.69) is 9.62 Å². The summed E-state index contributed by atoms with van der Waals surface area (Å²) < 4.78 is 72.4. The molecule has 0 aliphatic carbocycles. The normalized spacial score (nSPS) is 18.0. The third-order valence-electron chi connectivity index (χ3n) is 4.84. The molecule has 0 unspecified atom stereocenters. The zero-order valence-corrected chi connectivity index (χ0v) is 18.7. The molecule has 0 bridgehead atoms. The van der Waals surface area contributed by atoms with E-state index in [0.717, 1.165) is 23.4 Å². The number of likely N-dealkylation sites (tertiary alicyclic amines) is 1. The van der Waals surface area contributed by atoms with Gasteiger partial charge in [-0.25, -0.2) is 13.1 Å². The van der Waals surface area contributed by atoms with Gasteiger partial charge < -0.3 is 4.74 Å². The van der Waals surface area contributed by atoms with Crippen molar-refractivity contribution in [1.82, 2.24) is 9.62 Å². The van der Waals surface area contributed by atoms with Crippen molar-refractivity contribution in [1.29, 1.82) is 0 Å². The largest absolute Gasteiger partial charge is 0.491 e. The van der Waals surface area contributed by atoms with Gasteiger partial charge in [0.1, 0.15) is 10.6 Å². The molecule has 0 saturated carbocycles. The van der Waals surface area contributed by atoms with Crippen molar-refractivity contribution in [2.24, 2.45) is 0 Å². The number of benzene rings is 2. The molecule has 2 aromatic carbocycles. The van der Waals surface area contributed by atoms with Gasteiger partial charge in [-0.3, -0.25) is 4.90 Å². The van der Waals surface area contributed by atoms with Crippen LogP contribution in [0.15, 0.2) is 47.4 Å². The zero-order valence-electron chi connectivity index (χ0n) is 17.1. The highest BCUT2D eigenvalue weighted by atomic mass is 35.5. The van der Waals surface area contributed by atoms with Gasteiger partial charge in [0.05, 0.1) is 16.7 Å². The Labute approximate surface area is 185 Å². The van der Waals surface area contributed by atoms with E-state index in [1.54, 1.807) is 0 Å². The number of sulfonamides is 1. The maximum absolute atomic E-state index is 13.0. The molecule has 1 aliphatic heterocycles. The van der Waals surface area contributed by atoms with Gasteiger partial charge in [-0.2, -0.15) is 13.2 Å². The van der Waals surface area contributed by atoms with E-state index >= 15 is 0 Å². The lowest BCUT2D eigenvalue weighted by atomic mass is 10.2. The topological polar surface area (TPSA) is 58.6 Å². The van der Waals surface area contributed by atoms with Crippen molar-refractivity contribution >= 4 is 21.6 Å². The molecule has 1 N–H and O–H groups in total. The Balaban J connectivity index is 1.63. The fourth-order valence-electron chi connectivity index (χ4n) is 3.44. The van der Waals surface area contributed by atoms with E-state index in [0.29, 0.717) is 32.1 Å². The molecule has 2 aromatic rings. The van der Waals surface area contributed by atoms with E-state index in [4.69, 9.17) is 16.3 Å². The first kappa shape index (κ1) is 23.8. The lowest BCUT2D eigenvalue weighted by Crippen LogP contribution is -2.37. The van der Waals surface area contributed by atoms with Gasteiger partial charge in [0, 0.05) is 25.7 Å². The van der Waals surface area contributed by atoms with E-state index < -0.39 is 32.7 Å². The Morgan fingerprint density at radius 1 is 1.19 bits per heavy atom. The SMILES string of the molecule is CC(C)Oc1ccc(CN2CC[C@@H](NS(=O)(=O)c3cc(C(F)(F)F)ccc3Cl)C2)cc1. The van der Waals surface area contributed by atoms with Crippen LogP contribution in [0.1, 0.15) is 31.4 Å². The summed E-state index contributed by atoms with van der Waals surface area (Å²) in [5.74, 6) is 0.781. The van der Waals surface area contributed by atoms with Crippen molar-refractivity contribution in [2.45, 2.75) is 50.0 Å². The molecule has 10 heteroatoms. The quantitative estimate of drug-likeness (QED) is 0.629. The van der Waals surface area contributed by atoms with Crippen LogP contribution in [0, 0.1) is 0 Å². The predicted octanol–water partition coefficient (Wildman–Crippen LogP) is 4.70. The van der Waals surface area contributed by atoms with Crippen LogP contribution < -0.4 is 9.46 Å². The van der Waals surface area contributed by atoms with Gasteiger partial charge in [0.25, 0.3) is 0 Å². The number of rotatable bonds is 7. The van der Waals surface area contributed by atoms with E-state index in [1.165, 1.54) is 0 Å². The summed E-state index contributed by atoms with van der Waals surface area (Å²) in [6.45, 7) is 5.64. The van der Waals surface area contributed by atoms with Gasteiger partial charge in [-0.05, 0) is 56.2 Å². The Bertz CT molecular complexity index is 1010. The highest BCUT2D eigenvalue weighted by Crippen LogP contribution is 2.33. The fourth-order valence-corrected chi connectivity index (χ4v) is 5.23. The summed E-state index contributed by atoms with van der Waals surface area (Å²) in [6.07, 6.45) is -4.03. The second kappa shape index (κ2) is 9.36. The van der Waals surface area contributed by atoms with Crippen LogP contribution in [0.3, 0.4) is 0 Å². The minimum Gasteiger partial charge on any atom is -0.491 e. The van der Waals surface area contributed by atoms with Crippen LogP contribution in [-0.2, 0) is 22.7 Å². The van der Waals surface area contributed by atoms with E-state index in [9.17, 15) is 21.6 Å². The molecule has 3 rings (SSSR count). The monoisotopic (exact) mass is 476 g/mol. The van der Waals surface area contributed by atoms with Crippen LogP contribution in [0.2, 0.25) is 5.02 Å². The molecule has 5 nitrogen and oxygen atoms in total. The van der Waals surface area contributed by atoms with E-state index in [-0.39, 0.29) is 11.1 Å². The Morgan fingerprint density at radius 2 is 1.87 bits per heavy atom. The van der Waals surface area contributed by atoms with Crippen molar-refractivity contribution in [3.8, 4) is 5.75 Å². The molecule has 1 atom stereocenters. The van der Waals surface area contributed by atoms with Crippen LogP contribution in [0.4, 0.5) is 13.2 Å². The number of ether oxygens (including phenoxy) is 1. The van der Waals surface area contributed by atoms with Crippen molar-refractivity contribution in [3.63, 3.8) is 0 Å². The first-order chi connectivity index (χ1) is 14.4. The van der Waals surface area contributed by atoms with Gasteiger partial charge in [-0.15, -0.1) is 0 Å². The second-order valence-corrected chi connectivity index (χ2v) is 9.89. The number of hydrogen-bond acceptors (Lipinski definition) is 4. The van der Waals surface area contributed by atoms with Gasteiger partial charge in [-0.1, -0.05) is 23.7 Å². The number of halogens is 4. The van der Waals surface area contributed by atoms with Crippen LogP contribution in [0.25, 0.3) is 0 Å². The van der Waals surface area contributed by atoms with Gasteiger partial charge >= 0.3 is 6.18 Å². The number of alkyl halides is 3. The molecule has 31 heavy (non-hydrogen) atoms. The first-order valence-corrected chi connectivity index (χ1v) is 11.7. The van der Waals surface area contributed by atoms with Crippen LogP contribution in [0.5, 0.6) is 5.75 Å². The molecule has 1 saturated heterocycles. The molecular weight excluding hydrogens is 453 g/mol. The maximum Gasteiger partial charge on any atom is 0.416 e. The smallest absolute Gasteiger partial charge is 0.416 e. The lowest BCUT2D eigenvalue weighted by molar-refractivity contribution is -0.137. The minimum atomic E-state index is -4.66. The molecule has 0 amide bonds. The Kier molecular flexibility index (Phi) is 7.20.